The number of amides is 2. The van der Waals surface area contributed by atoms with Gasteiger partial charge < -0.3 is 25.4 Å². The first-order chi connectivity index (χ1) is 19.1. The molecule has 2 amide bonds. The van der Waals surface area contributed by atoms with Gasteiger partial charge in [-0.2, -0.15) is 8.78 Å². The van der Waals surface area contributed by atoms with Crippen LogP contribution in [-0.4, -0.2) is 62.5 Å². The number of aliphatic imine (C=N–C) groups is 1. The number of benzene rings is 2. The number of aliphatic hydroxyl groups is 1. The molecule has 3 aromatic rings. The molecule has 5 N–H and O–H groups in total. The number of hydrogen-bond donors (Lipinski definition) is 4. The minimum absolute atomic E-state index is 0.0403. The number of guanidine groups is 1. The van der Waals surface area contributed by atoms with Crippen LogP contribution >= 0.6 is 0 Å². The van der Waals surface area contributed by atoms with Crippen LogP contribution in [-0.2, 0) is 11.3 Å². The molecule has 0 saturated carbocycles. The molecular formula is C26H26F2N6O6. The number of carbonyl (C=O) groups is 2. The van der Waals surface area contributed by atoms with Gasteiger partial charge in [-0.1, -0.05) is 19.1 Å². The summed E-state index contributed by atoms with van der Waals surface area (Å²) in [5.41, 5.74) is 7.48. The lowest BCUT2D eigenvalue weighted by atomic mass is 10.1. The number of nitrogen functional groups attached to an aromatic ring is 1. The Labute approximate surface area is 227 Å². The smallest absolute Gasteiger partial charge is 0.387 e. The molecule has 1 saturated heterocycles. The predicted molar refractivity (Wildman–Crippen MR) is 139 cm³/mol. The van der Waals surface area contributed by atoms with Gasteiger partial charge >= 0.3 is 18.6 Å². The Hall–Kier alpha value is -4.98. The first-order valence-electron chi connectivity index (χ1n) is 12.0. The molecule has 14 heteroatoms. The normalized spacial score (nSPS) is 17.1. The third-order valence-corrected chi connectivity index (χ3v) is 5.76. The van der Waals surface area contributed by atoms with E-state index in [2.05, 4.69) is 20.0 Å². The molecule has 0 radical (unpaired) electrons. The number of hydrogen-bond acceptors (Lipinski definition) is 8. The molecular weight excluding hydrogens is 530 g/mol. The summed E-state index contributed by atoms with van der Waals surface area (Å²) in [6, 6.07) is 15.2. The van der Waals surface area contributed by atoms with Crippen LogP contribution in [0.3, 0.4) is 0 Å². The summed E-state index contributed by atoms with van der Waals surface area (Å²) in [5.74, 6) is -1.58. The van der Waals surface area contributed by atoms with Crippen LogP contribution in [0, 0.1) is 5.92 Å². The molecule has 1 aliphatic rings. The fraction of sp³-hybridized carbons (Fsp3) is 0.231. The number of carbonyl (C=O) groups excluding carboxylic acids is 1. The molecule has 40 heavy (non-hydrogen) atoms. The quantitative estimate of drug-likeness (QED) is 0.273. The number of halogens is 2. The number of ether oxygens (including phenoxy) is 2. The number of nitrogens with one attached hydrogen (secondary N) is 1. The second-order valence-electron chi connectivity index (χ2n) is 8.78. The minimum Gasteiger partial charge on any atom is -0.481 e. The molecule has 2 aromatic carbocycles. The van der Waals surface area contributed by atoms with Crippen molar-refractivity contribution >= 4 is 29.3 Å². The standard InChI is InChI=1S/C26H26F2N6O6/c1-15(22(35)36)13-34-25(37)32-24(33(26(34)38)14-16-2-4-17(29)5-3-16)31-18-6-8-19(9-7-18)39-21-11-10-20(12-30-21)40-23(27)28/h2-12,15,23,26,38H,13-14,29H2,1H3,(H,35,36)(H,31,32,37)/t15-,26?/m0/s1. The van der Waals surface area contributed by atoms with E-state index in [-0.39, 0.29) is 30.7 Å². The maximum Gasteiger partial charge on any atom is 0.387 e. The van der Waals surface area contributed by atoms with E-state index >= 15 is 0 Å². The van der Waals surface area contributed by atoms with Gasteiger partial charge in [0, 0.05) is 18.3 Å². The Bertz CT molecular complexity index is 1360. The van der Waals surface area contributed by atoms with E-state index in [9.17, 15) is 28.6 Å². The van der Waals surface area contributed by atoms with Crippen molar-refractivity contribution in [2.45, 2.75) is 26.4 Å². The Morgan fingerprint density at radius 1 is 1.10 bits per heavy atom. The largest absolute Gasteiger partial charge is 0.481 e. The summed E-state index contributed by atoms with van der Waals surface area (Å²) in [6.07, 6.45) is -0.396. The number of alkyl halides is 2. The average molecular weight is 557 g/mol. The fourth-order valence-electron chi connectivity index (χ4n) is 3.67. The Morgan fingerprint density at radius 2 is 1.77 bits per heavy atom. The van der Waals surface area contributed by atoms with Crippen molar-refractivity contribution in [3.05, 3.63) is 72.4 Å². The number of aliphatic carboxylic acids is 1. The number of nitrogens with zero attached hydrogens (tertiary/aromatic N) is 4. The molecule has 0 aliphatic carbocycles. The zero-order valence-corrected chi connectivity index (χ0v) is 21.1. The van der Waals surface area contributed by atoms with Gasteiger partial charge in [0.25, 0.3) is 0 Å². The summed E-state index contributed by atoms with van der Waals surface area (Å²) >= 11 is 0. The second kappa shape index (κ2) is 12.3. The number of pyridine rings is 1. The summed E-state index contributed by atoms with van der Waals surface area (Å²) in [7, 11) is 0. The van der Waals surface area contributed by atoms with Gasteiger partial charge in [-0.3, -0.25) is 19.9 Å². The predicted octanol–water partition coefficient (Wildman–Crippen LogP) is 3.57. The van der Waals surface area contributed by atoms with Crippen LogP contribution in [0.15, 0.2) is 71.9 Å². The lowest BCUT2D eigenvalue weighted by Crippen LogP contribution is -2.66. The number of carboxylic acids is 1. The highest BCUT2D eigenvalue weighted by atomic mass is 19.3. The second-order valence-corrected chi connectivity index (χ2v) is 8.78. The first-order valence-corrected chi connectivity index (χ1v) is 12.0. The molecule has 1 aromatic heterocycles. The van der Waals surface area contributed by atoms with Crippen molar-refractivity contribution in [1.82, 2.24) is 20.1 Å². The summed E-state index contributed by atoms with van der Waals surface area (Å²) in [5, 5.41) is 23.0. The van der Waals surface area contributed by atoms with E-state index in [0.717, 1.165) is 16.7 Å². The number of rotatable bonds is 10. The maximum absolute atomic E-state index is 12.8. The summed E-state index contributed by atoms with van der Waals surface area (Å²) in [4.78, 5) is 35.0. The van der Waals surface area contributed by atoms with E-state index in [1.807, 2.05) is 0 Å². The molecule has 1 unspecified atom stereocenters. The zero-order chi connectivity index (χ0) is 28.8. The molecule has 1 aliphatic heterocycles. The number of anilines is 1. The van der Waals surface area contributed by atoms with E-state index in [4.69, 9.17) is 10.5 Å². The van der Waals surface area contributed by atoms with Crippen molar-refractivity contribution in [2.24, 2.45) is 10.9 Å². The number of nitrogens with two attached hydrogens (primary N) is 1. The minimum atomic E-state index is -2.96. The SMILES string of the molecule is C[C@@H](CN1C(=O)NC(=Nc2ccc(Oc3ccc(OC(F)F)cn3)cc2)N(Cc2ccc(N)cc2)C1O)C(=O)O. The third-order valence-electron chi connectivity index (χ3n) is 5.76. The molecule has 2 heterocycles. The first kappa shape index (κ1) is 28.0. The Kier molecular flexibility index (Phi) is 8.59. The van der Waals surface area contributed by atoms with Gasteiger partial charge in [-0.05, 0) is 48.0 Å². The van der Waals surface area contributed by atoms with Crippen molar-refractivity contribution in [3.8, 4) is 17.4 Å². The monoisotopic (exact) mass is 556 g/mol. The van der Waals surface area contributed by atoms with Gasteiger partial charge in [0.1, 0.15) is 11.5 Å². The van der Waals surface area contributed by atoms with Crippen LogP contribution in [0.2, 0.25) is 0 Å². The zero-order valence-electron chi connectivity index (χ0n) is 21.1. The number of carboxylic acid groups (broad SMARTS) is 1. The van der Waals surface area contributed by atoms with Crippen LogP contribution in [0.1, 0.15) is 12.5 Å². The number of urea groups is 1. The summed E-state index contributed by atoms with van der Waals surface area (Å²) < 4.78 is 34.5. The van der Waals surface area contributed by atoms with Gasteiger partial charge in [-0.25, -0.2) is 14.8 Å². The van der Waals surface area contributed by atoms with Gasteiger partial charge in [-0.15, -0.1) is 0 Å². The molecule has 12 nitrogen and oxygen atoms in total. The van der Waals surface area contributed by atoms with Gasteiger partial charge in [0.15, 0.2) is 0 Å². The fourth-order valence-corrected chi connectivity index (χ4v) is 3.67. The highest BCUT2D eigenvalue weighted by Gasteiger charge is 2.37. The highest BCUT2D eigenvalue weighted by molar-refractivity contribution is 5.99. The third kappa shape index (κ3) is 7.11. The molecule has 210 valence electrons. The topological polar surface area (TPSA) is 163 Å². The van der Waals surface area contributed by atoms with Crippen molar-refractivity contribution in [2.75, 3.05) is 12.3 Å². The highest BCUT2D eigenvalue weighted by Crippen LogP contribution is 2.26. The van der Waals surface area contributed by atoms with Crippen LogP contribution in [0.25, 0.3) is 0 Å². The van der Waals surface area contributed by atoms with Gasteiger partial charge in [0.2, 0.25) is 18.2 Å². The Morgan fingerprint density at radius 3 is 2.38 bits per heavy atom. The molecule has 2 atom stereocenters. The Balaban J connectivity index is 1.54. The molecule has 1 fully saturated rings. The lowest BCUT2D eigenvalue weighted by molar-refractivity contribution is -0.143. The van der Waals surface area contributed by atoms with E-state index < -0.39 is 30.9 Å². The lowest BCUT2D eigenvalue weighted by Gasteiger charge is -2.42. The van der Waals surface area contributed by atoms with Gasteiger partial charge in [0.05, 0.1) is 24.3 Å². The number of aliphatic hydroxyl groups excluding tert-OH is 1. The van der Waals surface area contributed by atoms with E-state index in [1.165, 1.54) is 24.0 Å². The van der Waals surface area contributed by atoms with Crippen LogP contribution in [0.4, 0.5) is 25.0 Å². The summed E-state index contributed by atoms with van der Waals surface area (Å²) in [6.45, 7) is -1.64. The molecule has 4 rings (SSSR count). The number of aromatic nitrogens is 1. The van der Waals surface area contributed by atoms with Crippen molar-refractivity contribution < 1.29 is 38.1 Å². The average Bonchev–Trinajstić information content (AvgIpc) is 2.91. The van der Waals surface area contributed by atoms with Crippen LogP contribution in [0.5, 0.6) is 17.4 Å². The molecule has 0 bridgehead atoms. The maximum atomic E-state index is 12.8. The molecule has 0 spiro atoms. The van der Waals surface area contributed by atoms with Crippen molar-refractivity contribution in [3.63, 3.8) is 0 Å². The van der Waals surface area contributed by atoms with Crippen molar-refractivity contribution in [1.29, 1.82) is 0 Å². The van der Waals surface area contributed by atoms with E-state index in [0.29, 0.717) is 17.1 Å². The van der Waals surface area contributed by atoms with Crippen LogP contribution < -0.4 is 20.5 Å². The van der Waals surface area contributed by atoms with E-state index in [1.54, 1.807) is 48.5 Å².